The highest BCUT2D eigenvalue weighted by molar-refractivity contribution is 7.88. The van der Waals surface area contributed by atoms with Crippen molar-refractivity contribution in [1.82, 2.24) is 14.1 Å². The third-order valence-corrected chi connectivity index (χ3v) is 8.29. The summed E-state index contributed by atoms with van der Waals surface area (Å²) in [5.41, 5.74) is 2.48. The van der Waals surface area contributed by atoms with Gasteiger partial charge >= 0.3 is 5.56 Å². The molecule has 2 aromatic carbocycles. The monoisotopic (exact) mass is 503 g/mol. The van der Waals surface area contributed by atoms with Crippen LogP contribution in [0.15, 0.2) is 65.6 Å². The van der Waals surface area contributed by atoms with Crippen molar-refractivity contribution in [3.63, 3.8) is 0 Å². The highest BCUT2D eigenvalue weighted by atomic mass is 32.2. The van der Waals surface area contributed by atoms with E-state index in [0.717, 1.165) is 31.2 Å². The van der Waals surface area contributed by atoms with E-state index < -0.39 is 11.4 Å². The molecule has 2 fully saturated rings. The minimum atomic E-state index is -1.24. The Morgan fingerprint density at radius 1 is 1.03 bits per heavy atom. The van der Waals surface area contributed by atoms with Crippen molar-refractivity contribution >= 4 is 17.0 Å². The number of benzene rings is 2. The molecule has 0 amide bonds. The van der Waals surface area contributed by atoms with Gasteiger partial charge in [0.15, 0.2) is 5.75 Å². The molecule has 0 radical (unpaired) electrons. The lowest BCUT2D eigenvalue weighted by molar-refractivity contribution is 0.205. The first-order chi connectivity index (χ1) is 17.6. The van der Waals surface area contributed by atoms with Gasteiger partial charge in [-0.2, -0.15) is 15.0 Å². The summed E-state index contributed by atoms with van der Waals surface area (Å²) in [6.07, 6.45) is 5.87. The Kier molecular flexibility index (Phi) is 7.56. The molecule has 8 nitrogen and oxygen atoms in total. The topological polar surface area (TPSA) is 97.5 Å². The van der Waals surface area contributed by atoms with Crippen LogP contribution in [0.5, 0.6) is 5.75 Å². The van der Waals surface area contributed by atoms with Crippen LogP contribution < -0.4 is 15.2 Å². The van der Waals surface area contributed by atoms with Crippen molar-refractivity contribution in [2.24, 2.45) is 0 Å². The minimum Gasteiger partial charge on any atom is -0.598 e. The second-order valence-electron chi connectivity index (χ2n) is 9.09. The molecule has 0 spiro atoms. The Morgan fingerprint density at radius 2 is 1.72 bits per heavy atom. The van der Waals surface area contributed by atoms with Gasteiger partial charge < -0.3 is 14.2 Å². The number of anilines is 1. The Bertz CT molecular complexity index is 1280. The maximum absolute atomic E-state index is 13.5. The van der Waals surface area contributed by atoms with Crippen LogP contribution in [0.1, 0.15) is 36.8 Å². The lowest BCUT2D eigenvalue weighted by atomic mass is 10.1. The Hall–Kier alpha value is -3.32. The highest BCUT2D eigenvalue weighted by Gasteiger charge is 2.30. The molecule has 1 atom stereocenters. The molecule has 186 valence electrons. The van der Waals surface area contributed by atoms with Crippen LogP contribution in [0.25, 0.3) is 5.69 Å². The fourth-order valence-corrected chi connectivity index (χ4v) is 6.07. The van der Waals surface area contributed by atoms with Crippen LogP contribution in [0.3, 0.4) is 0 Å². The molecule has 2 aliphatic rings. The largest absolute Gasteiger partial charge is 0.598 e. The molecule has 5 rings (SSSR count). The number of nitrogens with zero attached hydrogens (tertiary/aromatic N) is 5. The molecule has 1 unspecified atom stereocenters. The quantitative estimate of drug-likeness (QED) is 0.456. The zero-order valence-electron chi connectivity index (χ0n) is 20.1. The van der Waals surface area contributed by atoms with E-state index >= 15 is 0 Å². The van der Waals surface area contributed by atoms with Crippen molar-refractivity contribution in [2.75, 3.05) is 31.1 Å². The zero-order valence-corrected chi connectivity index (χ0v) is 20.9. The summed E-state index contributed by atoms with van der Waals surface area (Å²) >= 11 is -1.24. The number of rotatable bonds is 7. The predicted molar refractivity (Wildman–Crippen MR) is 140 cm³/mol. The third-order valence-electron chi connectivity index (χ3n) is 6.79. The number of ether oxygens (including phenoxy) is 1. The normalized spacial score (nSPS) is 17.6. The van der Waals surface area contributed by atoms with Gasteiger partial charge in [0.05, 0.1) is 42.7 Å². The van der Waals surface area contributed by atoms with E-state index in [-0.39, 0.29) is 11.7 Å². The van der Waals surface area contributed by atoms with E-state index in [4.69, 9.17) is 4.74 Å². The smallest absolute Gasteiger partial charge is 0.316 e. The molecule has 0 bridgehead atoms. The van der Waals surface area contributed by atoms with Crippen LogP contribution in [0.4, 0.5) is 5.69 Å². The minimum absolute atomic E-state index is 0.0390. The molecule has 1 aromatic heterocycles. The fraction of sp³-hybridized carbons (Fsp3) is 0.370. The number of para-hydroxylation sites is 1. The second-order valence-corrected chi connectivity index (χ2v) is 10.5. The van der Waals surface area contributed by atoms with Gasteiger partial charge in [0.1, 0.15) is 5.69 Å². The maximum Gasteiger partial charge on any atom is 0.316 e. The van der Waals surface area contributed by atoms with Gasteiger partial charge in [-0.3, -0.25) is 4.79 Å². The summed E-state index contributed by atoms with van der Waals surface area (Å²) in [5.74, 6) is 0.660. The molecular formula is C27H29N5O3S. The summed E-state index contributed by atoms with van der Waals surface area (Å²) in [5, 5.41) is 13.8. The number of aromatic nitrogens is 2. The van der Waals surface area contributed by atoms with Gasteiger partial charge in [0.25, 0.3) is 0 Å². The highest BCUT2D eigenvalue weighted by Crippen LogP contribution is 2.30. The standard InChI is InChI=1S/C27H29N5O3S/c28-18-21-8-4-5-9-22(21)20-36(34)31-16-14-30(15-17-31)25-19-29-32(23-10-2-1-3-11-23)27(33)26(25)35-24-12-6-7-13-24/h1-5,8-11,19,24H,6-7,12-17,20H2. The second kappa shape index (κ2) is 11.2. The van der Waals surface area contributed by atoms with E-state index in [0.29, 0.717) is 54.6 Å². The maximum atomic E-state index is 13.5. The average molecular weight is 504 g/mol. The molecule has 36 heavy (non-hydrogen) atoms. The Labute approximate surface area is 214 Å². The van der Waals surface area contributed by atoms with Crippen LogP contribution in [-0.2, 0) is 17.1 Å². The van der Waals surface area contributed by atoms with Gasteiger partial charge in [0, 0.05) is 30.0 Å². The lowest BCUT2D eigenvalue weighted by Crippen LogP contribution is -2.49. The van der Waals surface area contributed by atoms with Gasteiger partial charge in [-0.1, -0.05) is 36.4 Å². The van der Waals surface area contributed by atoms with E-state index in [1.807, 2.05) is 52.8 Å². The van der Waals surface area contributed by atoms with Crippen molar-refractivity contribution in [3.8, 4) is 17.5 Å². The first-order valence-corrected chi connectivity index (χ1v) is 13.6. The van der Waals surface area contributed by atoms with Crippen molar-refractivity contribution in [2.45, 2.75) is 37.5 Å². The summed E-state index contributed by atoms with van der Waals surface area (Å²) in [6.45, 7) is 2.35. The van der Waals surface area contributed by atoms with Crippen LogP contribution in [0, 0.1) is 11.3 Å². The molecule has 2 heterocycles. The Balaban J connectivity index is 1.34. The molecule has 0 N–H and O–H groups in total. The summed E-state index contributed by atoms with van der Waals surface area (Å²) in [6, 6.07) is 18.8. The number of nitriles is 1. The number of hydrogen-bond acceptors (Lipinski definition) is 7. The fourth-order valence-electron chi connectivity index (χ4n) is 4.80. The number of piperazine rings is 1. The molecule has 1 saturated carbocycles. The van der Waals surface area contributed by atoms with E-state index in [2.05, 4.69) is 16.1 Å². The molecular weight excluding hydrogens is 474 g/mol. The van der Waals surface area contributed by atoms with Crippen molar-refractivity contribution < 1.29 is 9.29 Å². The van der Waals surface area contributed by atoms with Gasteiger partial charge in [-0.15, -0.1) is 4.31 Å². The van der Waals surface area contributed by atoms with E-state index in [1.165, 1.54) is 4.68 Å². The van der Waals surface area contributed by atoms with E-state index in [9.17, 15) is 14.6 Å². The third kappa shape index (κ3) is 5.26. The first-order valence-electron chi connectivity index (χ1n) is 12.3. The van der Waals surface area contributed by atoms with E-state index in [1.54, 1.807) is 12.3 Å². The van der Waals surface area contributed by atoms with Gasteiger partial charge in [0.2, 0.25) is 5.75 Å². The molecule has 1 aliphatic heterocycles. The summed E-state index contributed by atoms with van der Waals surface area (Å²) < 4.78 is 22.7. The SMILES string of the molecule is N#Cc1ccccc1C[S+]([O-])N1CCN(c2cnn(-c3ccccc3)c(=O)c2OC2CCCC2)CC1. The summed E-state index contributed by atoms with van der Waals surface area (Å²) in [4.78, 5) is 15.6. The molecule has 1 saturated heterocycles. The van der Waals surface area contributed by atoms with Crippen LogP contribution in [0.2, 0.25) is 0 Å². The van der Waals surface area contributed by atoms with Gasteiger partial charge in [-0.25, -0.2) is 0 Å². The predicted octanol–water partition coefficient (Wildman–Crippen LogP) is 3.41. The van der Waals surface area contributed by atoms with Gasteiger partial charge in [-0.05, 0) is 43.9 Å². The number of hydrogen-bond donors (Lipinski definition) is 0. The average Bonchev–Trinajstić information content (AvgIpc) is 3.44. The molecule has 1 aliphatic carbocycles. The Morgan fingerprint density at radius 3 is 2.44 bits per heavy atom. The first kappa shape index (κ1) is 24.4. The van der Waals surface area contributed by atoms with Crippen LogP contribution >= 0.6 is 0 Å². The van der Waals surface area contributed by atoms with Crippen LogP contribution in [-0.4, -0.2) is 50.9 Å². The molecule has 9 heteroatoms. The molecule has 3 aromatic rings. The zero-order chi connectivity index (χ0) is 24.9. The van der Waals surface area contributed by atoms with Crippen molar-refractivity contribution in [1.29, 1.82) is 5.26 Å². The summed E-state index contributed by atoms with van der Waals surface area (Å²) in [7, 11) is 0. The van der Waals surface area contributed by atoms with Crippen molar-refractivity contribution in [3.05, 3.63) is 82.3 Å². The lowest BCUT2D eigenvalue weighted by Gasteiger charge is -2.36.